The second-order valence-electron chi connectivity index (χ2n) is 4.35. The van der Waals surface area contributed by atoms with E-state index < -0.39 is 10.0 Å². The first kappa shape index (κ1) is 13.0. The molecule has 98 valence electrons. The van der Waals surface area contributed by atoms with E-state index in [1.165, 1.54) is 0 Å². The van der Waals surface area contributed by atoms with E-state index in [1.807, 2.05) is 6.92 Å². The van der Waals surface area contributed by atoms with E-state index in [9.17, 15) is 13.2 Å². The van der Waals surface area contributed by atoms with Crippen molar-refractivity contribution in [2.75, 3.05) is 6.61 Å². The van der Waals surface area contributed by atoms with E-state index in [-0.39, 0.29) is 29.9 Å². The van der Waals surface area contributed by atoms with Crippen molar-refractivity contribution in [3.63, 3.8) is 0 Å². The van der Waals surface area contributed by atoms with Gasteiger partial charge in [0.1, 0.15) is 6.61 Å². The van der Waals surface area contributed by atoms with Crippen LogP contribution >= 0.6 is 0 Å². The predicted octanol–water partition coefficient (Wildman–Crippen LogP) is 0.979. The summed E-state index contributed by atoms with van der Waals surface area (Å²) in [7, 11) is -3.54. The van der Waals surface area contributed by atoms with Crippen molar-refractivity contribution < 1.29 is 17.9 Å². The number of rotatable bonds is 3. The largest absolute Gasteiger partial charge is 0.464 e. The molecule has 1 aromatic carbocycles. The second-order valence-corrected chi connectivity index (χ2v) is 6.07. The van der Waals surface area contributed by atoms with Crippen molar-refractivity contribution in [2.24, 2.45) is 0 Å². The number of nitrogens with one attached hydrogen (secondary N) is 1. The molecule has 1 heterocycles. The van der Waals surface area contributed by atoms with Gasteiger partial charge in [0.25, 0.3) is 0 Å². The summed E-state index contributed by atoms with van der Waals surface area (Å²) in [4.78, 5) is 11.1. The predicted molar refractivity (Wildman–Crippen MR) is 65.5 cm³/mol. The van der Waals surface area contributed by atoms with Gasteiger partial charge in [-0.05, 0) is 25.5 Å². The number of cyclic esters (lactones) is 1. The van der Waals surface area contributed by atoms with Gasteiger partial charge in [0.15, 0.2) is 0 Å². The molecule has 6 heteroatoms. The first-order valence-corrected chi connectivity index (χ1v) is 7.20. The van der Waals surface area contributed by atoms with Crippen molar-refractivity contribution in [2.45, 2.75) is 30.7 Å². The van der Waals surface area contributed by atoms with E-state index in [0.29, 0.717) is 6.42 Å². The van der Waals surface area contributed by atoms with Crippen LogP contribution in [0.2, 0.25) is 0 Å². The highest BCUT2D eigenvalue weighted by atomic mass is 32.2. The fourth-order valence-corrected chi connectivity index (χ4v) is 2.99. The molecular weight excluding hydrogens is 254 g/mol. The van der Waals surface area contributed by atoms with Crippen molar-refractivity contribution >= 4 is 16.0 Å². The summed E-state index contributed by atoms with van der Waals surface area (Å²) >= 11 is 0. The molecule has 0 saturated carbocycles. The SMILES string of the molecule is Cc1ccc(S(=O)(=O)N[C@H]2CCC(=O)OC2)cc1. The maximum atomic E-state index is 12.0. The maximum Gasteiger partial charge on any atom is 0.305 e. The molecule has 0 aliphatic carbocycles. The molecule has 0 bridgehead atoms. The Morgan fingerprint density at radius 3 is 2.50 bits per heavy atom. The first-order chi connectivity index (χ1) is 8.47. The third-order valence-corrected chi connectivity index (χ3v) is 4.33. The number of carbonyl (C=O) groups is 1. The summed E-state index contributed by atoms with van der Waals surface area (Å²) < 4.78 is 31.5. The zero-order valence-corrected chi connectivity index (χ0v) is 10.9. The van der Waals surface area contributed by atoms with Crippen LogP contribution in [0.25, 0.3) is 0 Å². The molecule has 0 radical (unpaired) electrons. The topological polar surface area (TPSA) is 72.5 Å². The number of sulfonamides is 1. The van der Waals surface area contributed by atoms with E-state index in [2.05, 4.69) is 4.72 Å². The van der Waals surface area contributed by atoms with E-state index >= 15 is 0 Å². The minimum absolute atomic E-state index is 0.101. The van der Waals surface area contributed by atoms with Gasteiger partial charge in [-0.25, -0.2) is 13.1 Å². The zero-order valence-electron chi connectivity index (χ0n) is 10.0. The van der Waals surface area contributed by atoms with Gasteiger partial charge >= 0.3 is 5.97 Å². The summed E-state index contributed by atoms with van der Waals surface area (Å²) in [5.41, 5.74) is 1.00. The average molecular weight is 269 g/mol. The Kier molecular flexibility index (Phi) is 3.68. The molecule has 1 aliphatic heterocycles. The van der Waals surface area contributed by atoms with Crippen molar-refractivity contribution in [3.05, 3.63) is 29.8 Å². The van der Waals surface area contributed by atoms with Crippen molar-refractivity contribution in [1.29, 1.82) is 0 Å². The fourth-order valence-electron chi connectivity index (χ4n) is 1.74. The van der Waals surface area contributed by atoms with Crippen LogP contribution in [0.1, 0.15) is 18.4 Å². The Labute approximate surface area is 106 Å². The molecule has 1 N–H and O–H groups in total. The number of esters is 1. The molecule has 1 aromatic rings. The smallest absolute Gasteiger partial charge is 0.305 e. The lowest BCUT2D eigenvalue weighted by atomic mass is 10.1. The molecule has 18 heavy (non-hydrogen) atoms. The van der Waals surface area contributed by atoms with Crippen molar-refractivity contribution in [1.82, 2.24) is 4.72 Å². The molecule has 0 unspecified atom stereocenters. The normalized spacial score (nSPS) is 20.5. The van der Waals surface area contributed by atoms with Crippen molar-refractivity contribution in [3.8, 4) is 0 Å². The van der Waals surface area contributed by atoms with E-state index in [1.54, 1.807) is 24.3 Å². The van der Waals surface area contributed by atoms with Gasteiger partial charge in [-0.15, -0.1) is 0 Å². The van der Waals surface area contributed by atoms with Gasteiger partial charge in [0.2, 0.25) is 10.0 Å². The Hall–Kier alpha value is -1.40. The minimum atomic E-state index is -3.54. The number of benzene rings is 1. The Morgan fingerprint density at radius 1 is 1.28 bits per heavy atom. The molecule has 2 rings (SSSR count). The number of aryl methyl sites for hydroxylation is 1. The Bertz CT molecular complexity index is 526. The average Bonchev–Trinajstić information content (AvgIpc) is 2.32. The highest BCUT2D eigenvalue weighted by molar-refractivity contribution is 7.89. The molecule has 1 fully saturated rings. The highest BCUT2D eigenvalue weighted by Crippen LogP contribution is 2.14. The minimum Gasteiger partial charge on any atom is -0.464 e. The lowest BCUT2D eigenvalue weighted by molar-refractivity contribution is -0.147. The molecule has 5 nitrogen and oxygen atoms in total. The van der Waals surface area contributed by atoms with Gasteiger partial charge in [-0.3, -0.25) is 4.79 Å². The van der Waals surface area contributed by atoms with Crippen LogP contribution in [0.4, 0.5) is 0 Å². The third kappa shape index (κ3) is 3.08. The van der Waals surface area contributed by atoms with Gasteiger partial charge in [-0.1, -0.05) is 17.7 Å². The number of carbonyl (C=O) groups excluding carboxylic acids is 1. The second kappa shape index (κ2) is 5.07. The number of hydrogen-bond acceptors (Lipinski definition) is 4. The van der Waals surface area contributed by atoms with Crippen LogP contribution in [0, 0.1) is 6.92 Å². The van der Waals surface area contributed by atoms with Crippen LogP contribution in [-0.2, 0) is 19.6 Å². The Morgan fingerprint density at radius 2 is 1.94 bits per heavy atom. The molecular formula is C12H15NO4S. The van der Waals surface area contributed by atoms with Gasteiger partial charge < -0.3 is 4.74 Å². The highest BCUT2D eigenvalue weighted by Gasteiger charge is 2.25. The number of hydrogen-bond donors (Lipinski definition) is 1. The van der Waals surface area contributed by atoms with Crippen LogP contribution < -0.4 is 4.72 Å². The summed E-state index contributed by atoms with van der Waals surface area (Å²) in [6.45, 7) is 1.99. The molecule has 1 aliphatic rings. The molecule has 0 spiro atoms. The monoisotopic (exact) mass is 269 g/mol. The lowest BCUT2D eigenvalue weighted by Crippen LogP contribution is -2.41. The molecule has 1 saturated heterocycles. The van der Waals surface area contributed by atoms with Crippen LogP contribution in [0.5, 0.6) is 0 Å². The van der Waals surface area contributed by atoms with Gasteiger partial charge in [-0.2, -0.15) is 0 Å². The number of ether oxygens (including phenoxy) is 1. The lowest BCUT2D eigenvalue weighted by Gasteiger charge is -2.22. The van der Waals surface area contributed by atoms with Crippen LogP contribution in [0.3, 0.4) is 0 Å². The summed E-state index contributed by atoms with van der Waals surface area (Å²) in [5.74, 6) is -0.277. The van der Waals surface area contributed by atoms with Crippen LogP contribution in [0.15, 0.2) is 29.2 Å². The molecule has 0 aromatic heterocycles. The van der Waals surface area contributed by atoms with Gasteiger partial charge in [0.05, 0.1) is 10.9 Å². The molecule has 1 atom stereocenters. The summed E-state index contributed by atoms with van der Waals surface area (Å²) in [6, 6.07) is 6.28. The quantitative estimate of drug-likeness (QED) is 0.830. The fraction of sp³-hybridized carbons (Fsp3) is 0.417. The standard InChI is InChI=1S/C12H15NO4S/c1-9-2-5-11(6-3-9)18(15,16)13-10-4-7-12(14)17-8-10/h2-3,5-6,10,13H,4,7-8H2,1H3/t10-/m0/s1. The first-order valence-electron chi connectivity index (χ1n) is 5.72. The maximum absolute atomic E-state index is 12.0. The zero-order chi connectivity index (χ0) is 13.2. The summed E-state index contributed by atoms with van der Waals surface area (Å²) in [6.07, 6.45) is 0.727. The molecule has 0 amide bonds. The van der Waals surface area contributed by atoms with Gasteiger partial charge in [0, 0.05) is 6.42 Å². The summed E-state index contributed by atoms with van der Waals surface area (Å²) in [5, 5.41) is 0. The Balaban J connectivity index is 2.07. The van der Waals surface area contributed by atoms with E-state index in [0.717, 1.165) is 5.56 Å². The van der Waals surface area contributed by atoms with E-state index in [4.69, 9.17) is 4.74 Å². The third-order valence-electron chi connectivity index (χ3n) is 2.80. The van der Waals surface area contributed by atoms with Crippen LogP contribution in [-0.4, -0.2) is 27.0 Å².